The van der Waals surface area contributed by atoms with Crippen LogP contribution in [-0.4, -0.2) is 46.7 Å². The highest BCUT2D eigenvalue weighted by molar-refractivity contribution is 6.03. The van der Waals surface area contributed by atoms with Crippen LogP contribution in [0.15, 0.2) is 48.7 Å². The third kappa shape index (κ3) is 4.45. The van der Waals surface area contributed by atoms with E-state index in [1.165, 1.54) is 11.1 Å². The van der Waals surface area contributed by atoms with Crippen LogP contribution in [0.2, 0.25) is 0 Å². The molecule has 0 unspecified atom stereocenters. The molecule has 2 heterocycles. The second-order valence-corrected chi connectivity index (χ2v) is 7.87. The molecule has 0 aliphatic carbocycles. The minimum Gasteiger partial charge on any atom is -0.379 e. The topological polar surface area (TPSA) is 59.4 Å². The van der Waals surface area contributed by atoms with Crippen molar-refractivity contribution >= 4 is 11.9 Å². The number of ether oxygens (including phenoxy) is 1. The van der Waals surface area contributed by atoms with E-state index >= 15 is 0 Å². The van der Waals surface area contributed by atoms with E-state index in [1.807, 2.05) is 29.8 Å². The number of anilines is 1. The molecule has 0 atom stereocenters. The van der Waals surface area contributed by atoms with Gasteiger partial charge >= 0.3 is 0 Å². The number of amides is 1. The van der Waals surface area contributed by atoms with E-state index < -0.39 is 0 Å². The van der Waals surface area contributed by atoms with Crippen LogP contribution in [0.5, 0.6) is 0 Å². The Hall–Kier alpha value is -2.96. The van der Waals surface area contributed by atoms with Crippen LogP contribution in [0.25, 0.3) is 11.3 Å². The minimum absolute atomic E-state index is 0.154. The van der Waals surface area contributed by atoms with Crippen LogP contribution >= 0.6 is 0 Å². The van der Waals surface area contributed by atoms with Crippen molar-refractivity contribution in [1.82, 2.24) is 14.5 Å². The van der Waals surface area contributed by atoms with Crippen LogP contribution in [-0.2, 0) is 18.3 Å². The Labute approximate surface area is 177 Å². The van der Waals surface area contributed by atoms with E-state index in [9.17, 15) is 4.79 Å². The molecule has 6 nitrogen and oxygen atoms in total. The molecule has 1 fully saturated rings. The molecule has 1 amide bonds. The lowest BCUT2D eigenvalue weighted by atomic mass is 10.0. The zero-order valence-electron chi connectivity index (χ0n) is 17.8. The molecule has 3 aromatic rings. The summed E-state index contributed by atoms with van der Waals surface area (Å²) in [6.45, 7) is 8.40. The molecule has 1 aliphatic heterocycles. The van der Waals surface area contributed by atoms with Gasteiger partial charge in [0.15, 0.2) is 0 Å². The van der Waals surface area contributed by atoms with Gasteiger partial charge in [-0.1, -0.05) is 24.3 Å². The predicted octanol–water partition coefficient (Wildman–Crippen LogP) is 3.79. The summed E-state index contributed by atoms with van der Waals surface area (Å²) in [5.74, 6) is 0.381. The molecule has 0 saturated carbocycles. The first-order valence-corrected chi connectivity index (χ1v) is 10.3. The molecule has 1 aliphatic rings. The first-order chi connectivity index (χ1) is 14.5. The summed E-state index contributed by atoms with van der Waals surface area (Å²) in [4.78, 5) is 19.6. The molecule has 156 valence electrons. The fraction of sp³-hybridized carbons (Fsp3) is 0.333. The quantitative estimate of drug-likeness (QED) is 0.703. The smallest absolute Gasteiger partial charge is 0.257 e. The van der Waals surface area contributed by atoms with Gasteiger partial charge in [-0.05, 0) is 48.7 Å². The SMILES string of the molecule is Cc1ccc(-c2cnc(NC(=O)c3cccc(CN4CCOCC4)c3)n2C)cc1C. The second-order valence-electron chi connectivity index (χ2n) is 7.87. The summed E-state index contributed by atoms with van der Waals surface area (Å²) >= 11 is 0. The first kappa shape index (κ1) is 20.3. The van der Waals surface area contributed by atoms with Crippen LogP contribution in [0.3, 0.4) is 0 Å². The Morgan fingerprint density at radius 1 is 1.10 bits per heavy atom. The maximum atomic E-state index is 12.9. The van der Waals surface area contributed by atoms with Gasteiger partial charge in [0, 0.05) is 37.8 Å². The van der Waals surface area contributed by atoms with Crippen molar-refractivity contribution in [2.45, 2.75) is 20.4 Å². The van der Waals surface area contributed by atoms with Gasteiger partial charge in [-0.2, -0.15) is 0 Å². The van der Waals surface area contributed by atoms with Crippen molar-refractivity contribution in [3.8, 4) is 11.3 Å². The summed E-state index contributed by atoms with van der Waals surface area (Å²) in [5.41, 5.74) is 6.30. The number of hydrogen-bond donors (Lipinski definition) is 1. The molecule has 2 aromatic carbocycles. The summed E-state index contributed by atoms with van der Waals surface area (Å²) in [7, 11) is 1.92. The van der Waals surface area contributed by atoms with E-state index in [2.05, 4.69) is 53.3 Å². The van der Waals surface area contributed by atoms with Crippen molar-refractivity contribution in [2.24, 2.45) is 7.05 Å². The van der Waals surface area contributed by atoms with E-state index in [0.29, 0.717) is 11.5 Å². The normalized spacial score (nSPS) is 14.6. The third-order valence-corrected chi connectivity index (χ3v) is 5.72. The van der Waals surface area contributed by atoms with Crippen LogP contribution in [0.4, 0.5) is 5.95 Å². The molecular formula is C24H28N4O2. The van der Waals surface area contributed by atoms with Gasteiger partial charge in [-0.15, -0.1) is 0 Å². The maximum absolute atomic E-state index is 12.9. The number of nitrogens with one attached hydrogen (secondary N) is 1. The first-order valence-electron chi connectivity index (χ1n) is 10.3. The van der Waals surface area contributed by atoms with Crippen molar-refractivity contribution in [1.29, 1.82) is 0 Å². The Morgan fingerprint density at radius 2 is 1.90 bits per heavy atom. The molecule has 6 heteroatoms. The molecule has 0 radical (unpaired) electrons. The summed E-state index contributed by atoms with van der Waals surface area (Å²) < 4.78 is 7.32. The number of carbonyl (C=O) groups is 1. The van der Waals surface area contributed by atoms with Crippen molar-refractivity contribution in [2.75, 3.05) is 31.6 Å². The molecule has 0 spiro atoms. The number of morpholine rings is 1. The zero-order chi connectivity index (χ0) is 21.1. The molecule has 1 saturated heterocycles. The summed E-state index contributed by atoms with van der Waals surface area (Å²) in [6, 6.07) is 14.1. The van der Waals surface area contributed by atoms with Crippen molar-refractivity contribution in [3.63, 3.8) is 0 Å². The van der Waals surface area contributed by atoms with Gasteiger partial charge in [-0.25, -0.2) is 4.98 Å². The zero-order valence-corrected chi connectivity index (χ0v) is 17.8. The number of aryl methyl sites for hydroxylation is 2. The molecule has 30 heavy (non-hydrogen) atoms. The monoisotopic (exact) mass is 404 g/mol. The number of imidazole rings is 1. The number of benzene rings is 2. The lowest BCUT2D eigenvalue weighted by molar-refractivity contribution is 0.0342. The van der Waals surface area contributed by atoms with E-state index in [4.69, 9.17) is 4.74 Å². The van der Waals surface area contributed by atoms with Gasteiger partial charge in [0.2, 0.25) is 5.95 Å². The standard InChI is InChI=1S/C24H28N4O2/c1-17-7-8-20(13-18(17)2)22-15-25-24(27(22)3)26-23(29)21-6-4-5-19(14-21)16-28-9-11-30-12-10-28/h4-8,13-15H,9-12,16H2,1-3H3,(H,25,26,29). The Balaban J connectivity index is 1.48. The highest BCUT2D eigenvalue weighted by Gasteiger charge is 2.15. The minimum atomic E-state index is -0.154. The molecule has 1 N–H and O–H groups in total. The summed E-state index contributed by atoms with van der Waals surface area (Å²) in [5, 5.41) is 2.95. The second kappa shape index (κ2) is 8.81. The lowest BCUT2D eigenvalue weighted by Gasteiger charge is -2.26. The number of carbonyl (C=O) groups excluding carboxylic acids is 1. The maximum Gasteiger partial charge on any atom is 0.257 e. The molecular weight excluding hydrogens is 376 g/mol. The van der Waals surface area contributed by atoms with Gasteiger partial charge in [-0.3, -0.25) is 15.0 Å². The average molecular weight is 405 g/mol. The fourth-order valence-electron chi connectivity index (χ4n) is 3.70. The number of nitrogens with zero attached hydrogens (tertiary/aromatic N) is 3. The Morgan fingerprint density at radius 3 is 2.67 bits per heavy atom. The number of rotatable bonds is 5. The van der Waals surface area contributed by atoms with Crippen LogP contribution in [0.1, 0.15) is 27.0 Å². The largest absolute Gasteiger partial charge is 0.379 e. The Bertz CT molecular complexity index is 1050. The Kier molecular flexibility index (Phi) is 5.97. The van der Waals surface area contributed by atoms with Crippen LogP contribution in [0, 0.1) is 13.8 Å². The highest BCUT2D eigenvalue weighted by atomic mass is 16.5. The van der Waals surface area contributed by atoms with Gasteiger partial charge in [0.25, 0.3) is 5.91 Å². The third-order valence-electron chi connectivity index (χ3n) is 5.72. The van der Waals surface area contributed by atoms with E-state index in [1.54, 1.807) is 6.20 Å². The van der Waals surface area contributed by atoms with E-state index in [-0.39, 0.29) is 5.91 Å². The summed E-state index contributed by atoms with van der Waals surface area (Å²) in [6.07, 6.45) is 1.80. The predicted molar refractivity (Wildman–Crippen MR) is 119 cm³/mol. The average Bonchev–Trinajstić information content (AvgIpc) is 3.11. The number of hydrogen-bond acceptors (Lipinski definition) is 4. The van der Waals surface area contributed by atoms with E-state index in [0.717, 1.165) is 49.7 Å². The van der Waals surface area contributed by atoms with Gasteiger partial charge in [0.1, 0.15) is 0 Å². The number of aromatic nitrogens is 2. The van der Waals surface area contributed by atoms with Gasteiger partial charge in [0.05, 0.1) is 25.1 Å². The molecule has 0 bridgehead atoms. The van der Waals surface area contributed by atoms with Crippen LogP contribution < -0.4 is 5.32 Å². The molecule has 4 rings (SSSR count). The van der Waals surface area contributed by atoms with Gasteiger partial charge < -0.3 is 9.30 Å². The van der Waals surface area contributed by atoms with Crippen molar-refractivity contribution in [3.05, 3.63) is 70.9 Å². The lowest BCUT2D eigenvalue weighted by Crippen LogP contribution is -2.35. The highest BCUT2D eigenvalue weighted by Crippen LogP contribution is 2.24. The fourth-order valence-corrected chi connectivity index (χ4v) is 3.70. The van der Waals surface area contributed by atoms with Crippen molar-refractivity contribution < 1.29 is 9.53 Å². The molecule has 1 aromatic heterocycles.